The van der Waals surface area contributed by atoms with Crippen LogP contribution in [0.1, 0.15) is 142 Å². The summed E-state index contributed by atoms with van der Waals surface area (Å²) in [7, 11) is -0.740. The van der Waals surface area contributed by atoms with Crippen LogP contribution in [-0.4, -0.2) is 68.3 Å². The first-order valence-electron chi connectivity index (χ1n) is 20.2. The molecule has 0 aliphatic rings. The van der Waals surface area contributed by atoms with Crippen LogP contribution in [0.15, 0.2) is 72.9 Å². The van der Waals surface area contributed by atoms with E-state index in [1.54, 1.807) is 4.90 Å². The lowest BCUT2D eigenvalue weighted by Crippen LogP contribution is -2.29. The van der Waals surface area contributed by atoms with E-state index in [4.69, 9.17) is 18.5 Å². The molecule has 2 unspecified atom stereocenters. The second kappa shape index (κ2) is 37.8. The number of hydrogen-bond donors (Lipinski definition) is 1. The van der Waals surface area contributed by atoms with Gasteiger partial charge in [0.15, 0.2) is 6.10 Å². The number of carbonyl (C=O) groups excluding carboxylic acids is 2. The molecule has 0 amide bonds. The summed E-state index contributed by atoms with van der Waals surface area (Å²) in [6.45, 7) is 4.09. The summed E-state index contributed by atoms with van der Waals surface area (Å²) in [6, 6.07) is 0. The molecule has 53 heavy (non-hydrogen) atoms. The third-order valence-corrected chi connectivity index (χ3v) is 8.98. The summed E-state index contributed by atoms with van der Waals surface area (Å²) in [5.74, 6) is -0.861. The number of hydrogen-bond acceptors (Lipinski definition) is 8. The molecule has 304 valence electrons. The maximum absolute atomic E-state index is 12.6. The Morgan fingerprint density at radius 2 is 1.08 bits per heavy atom. The molecule has 0 saturated heterocycles. The van der Waals surface area contributed by atoms with Gasteiger partial charge in [-0.25, -0.2) is 4.57 Å². The van der Waals surface area contributed by atoms with Gasteiger partial charge in [0.2, 0.25) is 0 Å². The molecular formula is C43H74NO8P. The Morgan fingerprint density at radius 3 is 1.64 bits per heavy atom. The number of rotatable bonds is 36. The summed E-state index contributed by atoms with van der Waals surface area (Å²) >= 11 is 0. The van der Waals surface area contributed by atoms with Crippen LogP contribution in [-0.2, 0) is 32.7 Å². The fraction of sp³-hybridized carbons (Fsp3) is 0.674. The number of esters is 2. The molecule has 2 atom stereocenters. The first kappa shape index (κ1) is 50.5. The highest BCUT2D eigenvalue weighted by atomic mass is 31.2. The summed E-state index contributed by atoms with van der Waals surface area (Å²) in [5.41, 5.74) is 0. The fourth-order valence-electron chi connectivity index (χ4n) is 4.87. The van der Waals surface area contributed by atoms with Gasteiger partial charge in [0.1, 0.15) is 6.61 Å². The monoisotopic (exact) mass is 764 g/mol. The summed E-state index contributed by atoms with van der Waals surface area (Å²) < 4.78 is 33.3. The zero-order chi connectivity index (χ0) is 39.1. The van der Waals surface area contributed by atoms with E-state index >= 15 is 0 Å². The molecule has 0 saturated carbocycles. The van der Waals surface area contributed by atoms with E-state index in [2.05, 4.69) is 86.8 Å². The molecule has 0 fully saturated rings. The topological polar surface area (TPSA) is 112 Å². The van der Waals surface area contributed by atoms with Crippen molar-refractivity contribution < 1.29 is 37.6 Å². The fourth-order valence-corrected chi connectivity index (χ4v) is 5.61. The van der Waals surface area contributed by atoms with Crippen LogP contribution in [0.3, 0.4) is 0 Å². The second-order valence-electron chi connectivity index (χ2n) is 13.4. The smallest absolute Gasteiger partial charge is 0.462 e. The van der Waals surface area contributed by atoms with E-state index in [1.807, 2.05) is 14.1 Å². The van der Waals surface area contributed by atoms with E-state index in [9.17, 15) is 19.0 Å². The predicted molar refractivity (Wildman–Crippen MR) is 220 cm³/mol. The molecule has 0 bridgehead atoms. The lowest BCUT2D eigenvalue weighted by molar-refractivity contribution is -0.161. The molecule has 1 N–H and O–H groups in total. The normalized spacial score (nSPS) is 14.2. The van der Waals surface area contributed by atoms with Crippen molar-refractivity contribution in [1.82, 2.24) is 4.90 Å². The first-order chi connectivity index (χ1) is 25.7. The number of likely N-dealkylation sites (N-methyl/N-ethyl adjacent to an activating group) is 1. The van der Waals surface area contributed by atoms with E-state index in [0.29, 0.717) is 19.4 Å². The van der Waals surface area contributed by atoms with Crippen LogP contribution < -0.4 is 0 Å². The average Bonchev–Trinajstić information content (AvgIpc) is 3.12. The summed E-state index contributed by atoms with van der Waals surface area (Å²) in [6.07, 6.45) is 43.8. The van der Waals surface area contributed by atoms with Gasteiger partial charge in [-0.2, -0.15) is 0 Å². The third-order valence-electron chi connectivity index (χ3n) is 8.00. The lowest BCUT2D eigenvalue weighted by atomic mass is 10.1. The van der Waals surface area contributed by atoms with E-state index < -0.39 is 32.5 Å². The zero-order valence-electron chi connectivity index (χ0n) is 33.7. The molecule has 9 nitrogen and oxygen atoms in total. The van der Waals surface area contributed by atoms with Crippen LogP contribution in [0.5, 0.6) is 0 Å². The van der Waals surface area contributed by atoms with Crippen LogP contribution in [0.2, 0.25) is 0 Å². The molecule has 0 radical (unpaired) electrons. The van der Waals surface area contributed by atoms with Crippen molar-refractivity contribution in [3.63, 3.8) is 0 Å². The Bertz CT molecular complexity index is 1110. The second-order valence-corrected chi connectivity index (χ2v) is 14.9. The van der Waals surface area contributed by atoms with Crippen molar-refractivity contribution in [2.45, 2.75) is 148 Å². The lowest BCUT2D eigenvalue weighted by Gasteiger charge is -2.20. The minimum Gasteiger partial charge on any atom is -0.462 e. The van der Waals surface area contributed by atoms with Gasteiger partial charge in [0.25, 0.3) is 0 Å². The number of carbonyl (C=O) groups is 2. The summed E-state index contributed by atoms with van der Waals surface area (Å²) in [5, 5.41) is 0. The minimum absolute atomic E-state index is 0.00353. The van der Waals surface area contributed by atoms with Crippen molar-refractivity contribution in [3.05, 3.63) is 72.9 Å². The maximum Gasteiger partial charge on any atom is 0.472 e. The molecule has 0 aromatic carbocycles. The molecule has 0 aromatic rings. The average molecular weight is 764 g/mol. The van der Waals surface area contributed by atoms with Gasteiger partial charge >= 0.3 is 19.8 Å². The van der Waals surface area contributed by atoms with Crippen molar-refractivity contribution in [1.29, 1.82) is 0 Å². The minimum atomic E-state index is -4.37. The maximum atomic E-state index is 12.6. The van der Waals surface area contributed by atoms with E-state index in [0.717, 1.165) is 89.9 Å². The van der Waals surface area contributed by atoms with Crippen molar-refractivity contribution in [2.75, 3.05) is 40.5 Å². The highest BCUT2D eigenvalue weighted by molar-refractivity contribution is 7.47. The third kappa shape index (κ3) is 39.0. The highest BCUT2D eigenvalue weighted by Crippen LogP contribution is 2.43. The Morgan fingerprint density at radius 1 is 0.604 bits per heavy atom. The Labute approximate surface area is 323 Å². The predicted octanol–water partition coefficient (Wildman–Crippen LogP) is 11.3. The van der Waals surface area contributed by atoms with Gasteiger partial charge in [-0.05, 0) is 91.1 Å². The highest BCUT2D eigenvalue weighted by Gasteiger charge is 2.26. The quantitative estimate of drug-likeness (QED) is 0.0288. The van der Waals surface area contributed by atoms with Crippen molar-refractivity contribution >= 4 is 19.8 Å². The molecule has 0 rings (SSSR count). The van der Waals surface area contributed by atoms with Gasteiger partial charge in [0.05, 0.1) is 13.2 Å². The standard InChI is InChI=1S/C43H74NO8P/c1-5-7-9-11-13-15-17-18-19-20-21-22-23-24-26-27-29-31-33-35-42(45)49-39-41(40-51-53(47,48)50-38-37-44(3)4)52-43(46)36-34-32-30-28-25-16-14-12-10-8-6-2/h7,9,12-15,18-19,21-22,24,26,41H,5-6,8,10-11,16-17,20,23,25,27-40H2,1-4H3,(H,47,48)/b9-7-,14-12-,15-13-,19-18-,22-21-,26-24-. The zero-order valence-corrected chi connectivity index (χ0v) is 34.6. The van der Waals surface area contributed by atoms with E-state index in [1.165, 1.54) is 12.8 Å². The van der Waals surface area contributed by atoms with Crippen LogP contribution in [0.4, 0.5) is 0 Å². The Hall–Kier alpha value is -2.55. The van der Waals surface area contributed by atoms with Crippen LogP contribution in [0, 0.1) is 0 Å². The molecule has 0 heterocycles. The number of nitrogens with zero attached hydrogens (tertiary/aromatic N) is 1. The molecule has 10 heteroatoms. The first-order valence-corrected chi connectivity index (χ1v) is 21.7. The van der Waals surface area contributed by atoms with Gasteiger partial charge in [-0.1, -0.05) is 125 Å². The van der Waals surface area contributed by atoms with Gasteiger partial charge in [-0.15, -0.1) is 0 Å². The van der Waals surface area contributed by atoms with Crippen LogP contribution in [0.25, 0.3) is 0 Å². The Kier molecular flexibility index (Phi) is 35.9. The molecule has 0 aliphatic carbocycles. The number of phosphoric acid groups is 1. The molecule has 0 spiro atoms. The number of unbranched alkanes of at least 4 members (excludes halogenated alkanes) is 10. The summed E-state index contributed by atoms with van der Waals surface area (Å²) in [4.78, 5) is 36.9. The molecule has 0 aromatic heterocycles. The van der Waals surface area contributed by atoms with E-state index in [-0.39, 0.29) is 26.1 Å². The van der Waals surface area contributed by atoms with Gasteiger partial charge in [-0.3, -0.25) is 18.6 Å². The SMILES string of the molecule is CC/C=C\C/C=C\C/C=C\C/C=C\C/C=C\CCCCCC(=O)OCC(COP(=O)(O)OCCN(C)C)OC(=O)CCCCCCC/C=C\CCCC. The van der Waals surface area contributed by atoms with Crippen LogP contribution >= 0.6 is 7.82 Å². The van der Waals surface area contributed by atoms with Crippen molar-refractivity contribution in [2.24, 2.45) is 0 Å². The van der Waals surface area contributed by atoms with Crippen molar-refractivity contribution in [3.8, 4) is 0 Å². The van der Waals surface area contributed by atoms with Gasteiger partial charge < -0.3 is 19.3 Å². The Balaban J connectivity index is 4.39. The number of phosphoric ester groups is 1. The molecule has 0 aliphatic heterocycles. The van der Waals surface area contributed by atoms with Gasteiger partial charge in [0, 0.05) is 19.4 Å². The number of ether oxygens (including phenoxy) is 2. The number of allylic oxidation sites excluding steroid dienone is 12. The molecular weight excluding hydrogens is 689 g/mol. The largest absolute Gasteiger partial charge is 0.472 e.